The Morgan fingerprint density at radius 3 is 1.53 bits per heavy atom. The van der Waals surface area contributed by atoms with Gasteiger partial charge in [-0.25, -0.2) is 0 Å². The van der Waals surface area contributed by atoms with Gasteiger partial charge >= 0.3 is 11.9 Å². The summed E-state index contributed by atoms with van der Waals surface area (Å²) in [4.78, 5) is 27.2. The van der Waals surface area contributed by atoms with E-state index in [4.69, 9.17) is 18.9 Å². The fraction of sp³-hybridized carbons (Fsp3) is 0.769. The molecule has 1 rings (SSSR count). The molecule has 0 heterocycles. The van der Waals surface area contributed by atoms with Gasteiger partial charge in [0.15, 0.2) is 0 Å². The van der Waals surface area contributed by atoms with Gasteiger partial charge in [-0.2, -0.15) is 0 Å². The summed E-state index contributed by atoms with van der Waals surface area (Å²) in [6.45, 7) is 9.16. The van der Waals surface area contributed by atoms with Crippen LogP contribution >= 0.6 is 0 Å². The van der Waals surface area contributed by atoms with E-state index in [1.165, 1.54) is 116 Å². The lowest BCUT2D eigenvalue weighted by Crippen LogP contribution is -2.14. The lowest BCUT2D eigenvalue weighted by atomic mass is 9.91. The summed E-state index contributed by atoms with van der Waals surface area (Å²) in [5.74, 6) is 1.73. The Hall–Kier alpha value is -2.80. The molecular formula is C52H91NO6. The first-order valence-corrected chi connectivity index (χ1v) is 24.5. The van der Waals surface area contributed by atoms with Gasteiger partial charge in [0.25, 0.3) is 0 Å². The molecular weight excluding hydrogens is 735 g/mol. The molecule has 0 saturated carbocycles. The number of hydrogen-bond acceptors (Lipinski definition) is 7. The monoisotopic (exact) mass is 826 g/mol. The lowest BCUT2D eigenvalue weighted by Gasteiger charge is -2.17. The lowest BCUT2D eigenvalue weighted by molar-refractivity contribution is -0.145. The number of ether oxygens (including phenoxy) is 4. The molecule has 7 nitrogen and oxygen atoms in total. The molecule has 59 heavy (non-hydrogen) atoms. The van der Waals surface area contributed by atoms with Crippen LogP contribution in [0.15, 0.2) is 42.5 Å². The summed E-state index contributed by atoms with van der Waals surface area (Å²) in [6, 6.07) is 6.00. The number of carbonyl (C=O) groups is 2. The summed E-state index contributed by atoms with van der Waals surface area (Å²) in [6.07, 6.45) is 42.0. The standard InChI is InChI=1S/C52H91NO6/c1-6-9-12-15-18-19-20-21-22-23-24-25-26-29-32-37-51(54)58-40-33-38-56-49-42-48(46-53(4)5)43-50(45-49)57-39-34-41-59-52(55)44-47(35-30-27-16-13-10-7-2)36-31-28-17-14-11-8-3/h18-19,21-22,42-43,45,47H,6-17,20,23-41,44,46H2,1-5H3/b19-18-,22-21-. The number of unbranched alkanes of at least 4 members (excludes halogenated alkanes) is 18. The minimum atomic E-state index is -0.119. The van der Waals surface area contributed by atoms with Crippen molar-refractivity contribution in [3.8, 4) is 11.5 Å². The van der Waals surface area contributed by atoms with Crippen LogP contribution in [0.25, 0.3) is 0 Å². The summed E-state index contributed by atoms with van der Waals surface area (Å²) in [5, 5.41) is 0. The Bertz CT molecular complexity index is 1160. The van der Waals surface area contributed by atoms with Crippen molar-refractivity contribution in [3.05, 3.63) is 48.1 Å². The van der Waals surface area contributed by atoms with Gasteiger partial charge in [0.1, 0.15) is 11.5 Å². The fourth-order valence-electron chi connectivity index (χ4n) is 7.35. The average Bonchev–Trinajstić information content (AvgIpc) is 3.21. The van der Waals surface area contributed by atoms with Crippen LogP contribution in [0.5, 0.6) is 11.5 Å². The maximum absolute atomic E-state index is 12.8. The molecule has 7 heteroatoms. The second kappa shape index (κ2) is 40.6. The van der Waals surface area contributed by atoms with Crippen molar-refractivity contribution in [2.75, 3.05) is 40.5 Å². The number of hydrogen-bond donors (Lipinski definition) is 0. The van der Waals surface area contributed by atoms with Crippen molar-refractivity contribution >= 4 is 11.9 Å². The quantitative estimate of drug-likeness (QED) is 0.0369. The molecule has 0 spiro atoms. The minimum Gasteiger partial charge on any atom is -0.493 e. The largest absolute Gasteiger partial charge is 0.493 e. The van der Waals surface area contributed by atoms with Crippen molar-refractivity contribution in [3.63, 3.8) is 0 Å². The number of benzene rings is 1. The van der Waals surface area contributed by atoms with Gasteiger partial charge in [0.2, 0.25) is 0 Å². The molecule has 0 aliphatic rings. The number of nitrogens with zero attached hydrogens (tertiary/aromatic N) is 1. The molecule has 1 aromatic rings. The number of rotatable bonds is 42. The highest BCUT2D eigenvalue weighted by atomic mass is 16.5. The van der Waals surface area contributed by atoms with Crippen molar-refractivity contribution in [2.45, 2.75) is 214 Å². The molecule has 0 aliphatic heterocycles. The summed E-state index contributed by atoms with van der Waals surface area (Å²) >= 11 is 0. The molecule has 0 radical (unpaired) electrons. The fourth-order valence-corrected chi connectivity index (χ4v) is 7.35. The highest BCUT2D eigenvalue weighted by molar-refractivity contribution is 5.69. The Morgan fingerprint density at radius 2 is 0.983 bits per heavy atom. The molecule has 340 valence electrons. The van der Waals surface area contributed by atoms with E-state index in [-0.39, 0.29) is 11.9 Å². The van der Waals surface area contributed by atoms with E-state index >= 15 is 0 Å². The van der Waals surface area contributed by atoms with E-state index in [1.54, 1.807) is 0 Å². The van der Waals surface area contributed by atoms with E-state index in [1.807, 2.05) is 32.3 Å². The zero-order valence-electron chi connectivity index (χ0n) is 39.1. The number of esters is 2. The topological polar surface area (TPSA) is 74.3 Å². The smallest absolute Gasteiger partial charge is 0.306 e. The third-order valence-electron chi connectivity index (χ3n) is 10.8. The van der Waals surface area contributed by atoms with Crippen molar-refractivity contribution < 1.29 is 28.5 Å². The molecule has 0 saturated heterocycles. The molecule has 0 bridgehead atoms. The van der Waals surface area contributed by atoms with E-state index in [0.717, 1.165) is 68.6 Å². The Kier molecular flexibility index (Phi) is 37.3. The molecule has 0 atom stereocenters. The summed E-state index contributed by atoms with van der Waals surface area (Å²) in [5.41, 5.74) is 1.10. The third kappa shape index (κ3) is 35.6. The van der Waals surface area contributed by atoms with Crippen molar-refractivity contribution in [1.82, 2.24) is 4.90 Å². The van der Waals surface area contributed by atoms with Crippen LogP contribution in [-0.2, 0) is 25.6 Å². The first-order valence-electron chi connectivity index (χ1n) is 24.5. The van der Waals surface area contributed by atoms with Crippen LogP contribution in [0, 0.1) is 5.92 Å². The first kappa shape index (κ1) is 54.2. The van der Waals surface area contributed by atoms with E-state index < -0.39 is 0 Å². The van der Waals surface area contributed by atoms with Crippen LogP contribution in [0.2, 0.25) is 0 Å². The van der Waals surface area contributed by atoms with E-state index in [9.17, 15) is 9.59 Å². The predicted molar refractivity (Wildman–Crippen MR) is 249 cm³/mol. The third-order valence-corrected chi connectivity index (χ3v) is 10.8. The SMILES string of the molecule is CCCCC/C=C\C/C=C\CCCCCCCC(=O)OCCCOc1cc(CN(C)C)cc(OCCCOC(=O)CC(CCCCCCCC)CCCCCCCC)c1. The molecule has 0 aromatic heterocycles. The van der Waals surface area contributed by atoms with Gasteiger partial charge in [-0.3, -0.25) is 9.59 Å². The van der Waals surface area contributed by atoms with Crippen molar-refractivity contribution in [1.29, 1.82) is 0 Å². The molecule has 0 unspecified atom stereocenters. The van der Waals surface area contributed by atoms with Gasteiger partial charge in [0.05, 0.1) is 26.4 Å². The van der Waals surface area contributed by atoms with Crippen molar-refractivity contribution in [2.24, 2.45) is 5.92 Å². The predicted octanol–water partition coefficient (Wildman–Crippen LogP) is 14.7. The second-order valence-electron chi connectivity index (χ2n) is 17.1. The number of carbonyl (C=O) groups excluding carboxylic acids is 2. The van der Waals surface area contributed by atoms with Gasteiger partial charge in [-0.1, -0.05) is 154 Å². The van der Waals surface area contributed by atoms with Gasteiger partial charge < -0.3 is 23.8 Å². The zero-order chi connectivity index (χ0) is 42.9. The highest BCUT2D eigenvalue weighted by Gasteiger charge is 2.15. The van der Waals surface area contributed by atoms with Gasteiger partial charge in [-0.15, -0.1) is 0 Å². The highest BCUT2D eigenvalue weighted by Crippen LogP contribution is 2.25. The molecule has 0 N–H and O–H groups in total. The van der Waals surface area contributed by atoms with E-state index in [0.29, 0.717) is 58.0 Å². The minimum absolute atomic E-state index is 0.0668. The number of allylic oxidation sites excluding steroid dienone is 4. The maximum Gasteiger partial charge on any atom is 0.306 e. The Labute approximate surface area is 363 Å². The summed E-state index contributed by atoms with van der Waals surface area (Å²) < 4.78 is 23.4. The molecule has 0 aliphatic carbocycles. The Balaban J connectivity index is 2.32. The van der Waals surface area contributed by atoms with Crippen LogP contribution in [0.3, 0.4) is 0 Å². The molecule has 0 amide bonds. The normalized spacial score (nSPS) is 11.7. The maximum atomic E-state index is 12.8. The van der Waals surface area contributed by atoms with Crippen LogP contribution in [0.1, 0.15) is 213 Å². The van der Waals surface area contributed by atoms with Gasteiger partial charge in [0, 0.05) is 38.3 Å². The van der Waals surface area contributed by atoms with Crippen LogP contribution in [-0.4, -0.2) is 57.4 Å². The Morgan fingerprint density at radius 1 is 0.525 bits per heavy atom. The first-order chi connectivity index (χ1) is 28.9. The van der Waals surface area contributed by atoms with Crippen LogP contribution < -0.4 is 9.47 Å². The average molecular weight is 826 g/mol. The summed E-state index contributed by atoms with van der Waals surface area (Å²) in [7, 11) is 4.08. The zero-order valence-corrected chi connectivity index (χ0v) is 39.1. The van der Waals surface area contributed by atoms with Gasteiger partial charge in [-0.05, 0) is 89.1 Å². The second-order valence-corrected chi connectivity index (χ2v) is 17.1. The molecule has 0 fully saturated rings. The van der Waals surface area contributed by atoms with E-state index in [2.05, 4.69) is 50.0 Å². The van der Waals surface area contributed by atoms with Crippen LogP contribution in [0.4, 0.5) is 0 Å². The molecule has 1 aromatic carbocycles.